The molecule has 4 N–H and O–H groups in total. The van der Waals surface area contributed by atoms with Crippen LogP contribution in [0.1, 0.15) is 42.1 Å². The average molecular weight is 591 g/mol. The van der Waals surface area contributed by atoms with Crippen LogP contribution in [-0.2, 0) is 0 Å². The fraction of sp³-hybridized carbons (Fsp3) is 0.121. The number of benzene rings is 3. The van der Waals surface area contributed by atoms with Crippen molar-refractivity contribution in [3.05, 3.63) is 137 Å². The second kappa shape index (κ2) is 12.4. The predicted octanol–water partition coefficient (Wildman–Crippen LogP) is 7.38. The fourth-order valence-corrected chi connectivity index (χ4v) is 5.40. The Morgan fingerprint density at radius 1 is 1.00 bits per heavy atom. The van der Waals surface area contributed by atoms with E-state index in [0.29, 0.717) is 32.9 Å². The fourth-order valence-electron chi connectivity index (χ4n) is 5.14. The van der Waals surface area contributed by atoms with Crippen molar-refractivity contribution in [1.29, 1.82) is 5.26 Å². The van der Waals surface area contributed by atoms with Crippen LogP contribution in [-0.4, -0.2) is 9.97 Å². The van der Waals surface area contributed by atoms with E-state index >= 15 is 0 Å². The van der Waals surface area contributed by atoms with Crippen molar-refractivity contribution >= 4 is 39.6 Å². The van der Waals surface area contributed by atoms with Crippen molar-refractivity contribution in [2.45, 2.75) is 25.4 Å². The molecule has 0 fully saturated rings. The highest BCUT2D eigenvalue weighted by molar-refractivity contribution is 6.35. The first kappa shape index (κ1) is 28.0. The van der Waals surface area contributed by atoms with E-state index in [2.05, 4.69) is 56.7 Å². The van der Waals surface area contributed by atoms with E-state index in [1.807, 2.05) is 47.6 Å². The van der Waals surface area contributed by atoms with Gasteiger partial charge in [0, 0.05) is 29.7 Å². The van der Waals surface area contributed by atoms with Crippen molar-refractivity contribution in [2.75, 3.05) is 15.6 Å². The lowest BCUT2D eigenvalue weighted by molar-refractivity contribution is 0.621. The van der Waals surface area contributed by atoms with Gasteiger partial charge in [0.25, 0.3) is 0 Å². The molecule has 5 aromatic rings. The molecule has 43 heavy (non-hydrogen) atoms. The largest absolute Gasteiger partial charge is 0.377 e. The third-order valence-electron chi connectivity index (χ3n) is 7.31. The van der Waals surface area contributed by atoms with Crippen molar-refractivity contribution in [3.63, 3.8) is 0 Å². The molecule has 0 bridgehead atoms. The molecular weight excluding hydrogens is 563 g/mol. The summed E-state index contributed by atoms with van der Waals surface area (Å²) in [7, 11) is 0. The highest BCUT2D eigenvalue weighted by atomic mass is 35.5. The van der Waals surface area contributed by atoms with Crippen LogP contribution in [0, 0.1) is 17.1 Å². The first-order valence-electron chi connectivity index (χ1n) is 13.8. The number of fused-ring (bicyclic) bond motifs is 1. The molecule has 3 heterocycles. The molecule has 10 heteroatoms. The number of hydrogen-bond donors (Lipinski definition) is 4. The Labute approximate surface area is 253 Å². The summed E-state index contributed by atoms with van der Waals surface area (Å²) < 4.78 is 13.9. The topological polar surface area (TPSA) is 101 Å². The Morgan fingerprint density at radius 3 is 2.53 bits per heavy atom. The Hall–Kier alpha value is -5.17. The smallest absolute Gasteiger partial charge is 0.123 e. The molecule has 1 aliphatic heterocycles. The Morgan fingerprint density at radius 2 is 1.81 bits per heavy atom. The van der Waals surface area contributed by atoms with E-state index in [9.17, 15) is 9.65 Å². The van der Waals surface area contributed by atoms with Gasteiger partial charge in [0.2, 0.25) is 0 Å². The van der Waals surface area contributed by atoms with Crippen LogP contribution in [0.2, 0.25) is 5.02 Å². The van der Waals surface area contributed by atoms with Crippen molar-refractivity contribution in [1.82, 2.24) is 20.9 Å². The lowest BCUT2D eigenvalue weighted by Crippen LogP contribution is -2.37. The summed E-state index contributed by atoms with van der Waals surface area (Å²) in [6.07, 6.45) is 7.72. The minimum Gasteiger partial charge on any atom is -0.377 e. The highest BCUT2D eigenvalue weighted by Gasteiger charge is 2.24. The molecule has 0 aliphatic carbocycles. The maximum Gasteiger partial charge on any atom is 0.123 e. The summed E-state index contributed by atoms with van der Waals surface area (Å²) in [6, 6.07) is 25.8. The number of pyridine rings is 2. The van der Waals surface area contributed by atoms with Gasteiger partial charge in [-0.2, -0.15) is 5.26 Å². The lowest BCUT2D eigenvalue weighted by Gasteiger charge is -2.23. The number of rotatable bonds is 9. The van der Waals surface area contributed by atoms with E-state index in [4.69, 9.17) is 11.6 Å². The summed E-state index contributed by atoms with van der Waals surface area (Å²) in [5.41, 5.74) is 12.3. The van der Waals surface area contributed by atoms with Gasteiger partial charge in [-0.3, -0.25) is 15.0 Å². The summed E-state index contributed by atoms with van der Waals surface area (Å²) in [4.78, 5) is 8.71. The Balaban J connectivity index is 1.41. The standard InChI is InChI=1S/C33H28ClFN8/c1-2-29(21-7-4-3-5-8-21)40-31-23(17-36)18-38-33-27(31)15-25(16-28(33)34)39-32(22-10-12-24(35)13-11-22)30-20-43(42-41-30)26-9-6-14-37-19-26/h3-16,18-20,29,32,39,41-42H,2H2,1H3,(H,38,40)/t29-,32+/m1/s1. The second-order valence-electron chi connectivity index (χ2n) is 10.1. The molecule has 0 spiro atoms. The molecule has 0 radical (unpaired) electrons. The molecule has 2 atom stereocenters. The number of hydrazine groups is 2. The molecule has 1 aliphatic rings. The van der Waals surface area contributed by atoms with E-state index in [0.717, 1.165) is 28.9 Å². The minimum absolute atomic E-state index is 0.0290. The van der Waals surface area contributed by atoms with Crippen LogP contribution < -0.4 is 26.6 Å². The summed E-state index contributed by atoms with van der Waals surface area (Å²) in [6.45, 7) is 2.10. The molecule has 2 aromatic heterocycles. The molecule has 214 valence electrons. The van der Waals surface area contributed by atoms with Gasteiger partial charge in [0.15, 0.2) is 0 Å². The molecule has 8 nitrogen and oxygen atoms in total. The minimum atomic E-state index is -0.417. The molecule has 0 amide bonds. The molecular formula is C33H28ClFN8. The summed E-state index contributed by atoms with van der Waals surface area (Å²) >= 11 is 6.81. The van der Waals surface area contributed by atoms with Crippen molar-refractivity contribution < 1.29 is 4.39 Å². The number of aromatic nitrogens is 2. The number of nitrogens with one attached hydrogen (secondary N) is 4. The number of nitrogens with zero attached hydrogens (tertiary/aromatic N) is 4. The quantitative estimate of drug-likeness (QED) is 0.141. The van der Waals surface area contributed by atoms with Crippen LogP contribution in [0.5, 0.6) is 0 Å². The van der Waals surface area contributed by atoms with E-state index in [1.54, 1.807) is 36.8 Å². The molecule has 0 saturated heterocycles. The Bertz CT molecular complexity index is 1810. The van der Waals surface area contributed by atoms with Crippen LogP contribution in [0.4, 0.5) is 21.5 Å². The van der Waals surface area contributed by atoms with Gasteiger partial charge >= 0.3 is 0 Å². The average Bonchev–Trinajstić information content (AvgIpc) is 3.54. The van der Waals surface area contributed by atoms with E-state index in [1.165, 1.54) is 12.1 Å². The zero-order chi connectivity index (χ0) is 29.8. The van der Waals surface area contributed by atoms with Gasteiger partial charge in [0.1, 0.15) is 11.9 Å². The normalized spacial score (nSPS) is 14.0. The first-order chi connectivity index (χ1) is 21.0. The van der Waals surface area contributed by atoms with Crippen LogP contribution in [0.3, 0.4) is 0 Å². The van der Waals surface area contributed by atoms with Gasteiger partial charge in [-0.25, -0.2) is 4.39 Å². The van der Waals surface area contributed by atoms with Crippen molar-refractivity contribution in [3.8, 4) is 6.07 Å². The summed E-state index contributed by atoms with van der Waals surface area (Å²) in [5, 5.41) is 20.1. The molecule has 0 unspecified atom stereocenters. The third-order valence-corrected chi connectivity index (χ3v) is 7.60. The van der Waals surface area contributed by atoms with Crippen molar-refractivity contribution in [2.24, 2.45) is 0 Å². The zero-order valence-corrected chi connectivity index (χ0v) is 24.0. The van der Waals surface area contributed by atoms with Gasteiger partial charge in [-0.05, 0) is 53.9 Å². The predicted molar refractivity (Wildman–Crippen MR) is 168 cm³/mol. The summed E-state index contributed by atoms with van der Waals surface area (Å²) in [5.74, 6) is -0.325. The number of hydrogen-bond acceptors (Lipinski definition) is 8. The lowest BCUT2D eigenvalue weighted by atomic mass is 10.0. The van der Waals surface area contributed by atoms with Crippen LogP contribution in [0.25, 0.3) is 10.9 Å². The van der Waals surface area contributed by atoms with Gasteiger partial charge in [0.05, 0.1) is 51.5 Å². The number of nitriles is 1. The number of anilines is 3. The van der Waals surface area contributed by atoms with Gasteiger partial charge in [-0.1, -0.05) is 61.0 Å². The molecule has 3 aromatic carbocycles. The zero-order valence-electron chi connectivity index (χ0n) is 23.2. The highest BCUT2D eigenvalue weighted by Crippen LogP contribution is 2.37. The first-order valence-corrected chi connectivity index (χ1v) is 14.2. The van der Waals surface area contributed by atoms with Crippen LogP contribution in [0.15, 0.2) is 109 Å². The van der Waals surface area contributed by atoms with E-state index in [-0.39, 0.29) is 11.9 Å². The van der Waals surface area contributed by atoms with Gasteiger partial charge < -0.3 is 16.1 Å². The molecule has 6 rings (SSSR count). The van der Waals surface area contributed by atoms with Crippen LogP contribution >= 0.6 is 11.6 Å². The third kappa shape index (κ3) is 5.93. The molecule has 0 saturated carbocycles. The second-order valence-corrected chi connectivity index (χ2v) is 10.5. The van der Waals surface area contributed by atoms with Gasteiger partial charge in [-0.15, -0.1) is 5.53 Å². The monoisotopic (exact) mass is 590 g/mol. The maximum absolute atomic E-state index is 13.9. The number of halogens is 2. The SMILES string of the molecule is CC[C@@H](Nc1c(C#N)cnc2c(Cl)cc(N[C@H](C3=CN(c4cccnc4)NN3)c3ccc(F)cc3)cc12)c1ccccc1. The maximum atomic E-state index is 13.9. The van der Waals surface area contributed by atoms with E-state index < -0.39 is 6.04 Å². The Kier molecular flexibility index (Phi) is 8.05.